The number of anilines is 1. The lowest BCUT2D eigenvalue weighted by Crippen LogP contribution is -2.52. The number of rotatable bonds is 12. The van der Waals surface area contributed by atoms with Gasteiger partial charge < -0.3 is 15.0 Å². The number of hydrogen-bond donors (Lipinski definition) is 1. The van der Waals surface area contributed by atoms with Crippen molar-refractivity contribution in [3.8, 4) is 5.75 Å². The van der Waals surface area contributed by atoms with E-state index in [0.717, 1.165) is 22.5 Å². The average molecular weight is 518 g/mol. The number of sulfonamides is 1. The van der Waals surface area contributed by atoms with E-state index in [1.807, 2.05) is 13.8 Å². The van der Waals surface area contributed by atoms with Gasteiger partial charge in [0.15, 0.2) is 5.78 Å². The molecule has 10 heteroatoms. The first-order valence-corrected chi connectivity index (χ1v) is 13.5. The molecule has 0 unspecified atom stereocenters. The van der Waals surface area contributed by atoms with Crippen LogP contribution in [0.4, 0.5) is 5.69 Å². The van der Waals surface area contributed by atoms with Crippen LogP contribution in [0, 0.1) is 0 Å². The standard InChI is InChI=1S/C26H35N3O6S/c1-7-18(2)27-26(32)19(3)28(16-21-11-13-24(35-5)14-12-21)25(31)17-29(36(6,33)34)23-10-8-9-22(15-23)20(4)30/h8-15,18-19H,7,16-17H2,1-6H3,(H,27,32)/t18-,19-/m1/s1. The fraction of sp³-hybridized carbons (Fsp3) is 0.423. The van der Waals surface area contributed by atoms with Crippen LogP contribution in [0.25, 0.3) is 0 Å². The minimum atomic E-state index is -3.88. The molecular formula is C26H35N3O6S. The van der Waals surface area contributed by atoms with E-state index in [4.69, 9.17) is 4.74 Å². The number of benzene rings is 2. The minimum Gasteiger partial charge on any atom is -0.497 e. The van der Waals surface area contributed by atoms with Gasteiger partial charge in [0.05, 0.1) is 19.1 Å². The van der Waals surface area contributed by atoms with Crippen LogP contribution < -0.4 is 14.4 Å². The summed E-state index contributed by atoms with van der Waals surface area (Å²) < 4.78 is 31.5. The summed E-state index contributed by atoms with van der Waals surface area (Å²) in [5.74, 6) is -0.479. The highest BCUT2D eigenvalue weighted by atomic mass is 32.2. The number of ketones is 1. The van der Waals surface area contributed by atoms with Crippen LogP contribution in [0.3, 0.4) is 0 Å². The van der Waals surface area contributed by atoms with Gasteiger partial charge in [0.1, 0.15) is 18.3 Å². The van der Waals surface area contributed by atoms with Crippen molar-refractivity contribution in [1.82, 2.24) is 10.2 Å². The second-order valence-corrected chi connectivity index (χ2v) is 10.6. The van der Waals surface area contributed by atoms with Gasteiger partial charge in [-0.2, -0.15) is 0 Å². The SMILES string of the molecule is CC[C@@H](C)NC(=O)[C@@H](C)N(Cc1ccc(OC)cc1)C(=O)CN(c1cccc(C(C)=O)c1)S(C)(=O)=O. The zero-order chi connectivity index (χ0) is 27.0. The lowest BCUT2D eigenvalue weighted by molar-refractivity contribution is -0.139. The first-order valence-electron chi connectivity index (χ1n) is 11.7. The van der Waals surface area contributed by atoms with E-state index >= 15 is 0 Å². The molecule has 0 saturated heterocycles. The topological polar surface area (TPSA) is 113 Å². The maximum absolute atomic E-state index is 13.6. The van der Waals surface area contributed by atoms with Crippen molar-refractivity contribution in [1.29, 1.82) is 0 Å². The summed E-state index contributed by atoms with van der Waals surface area (Å²) in [6.07, 6.45) is 1.72. The molecule has 0 radical (unpaired) electrons. The van der Waals surface area contributed by atoms with Gasteiger partial charge in [-0.1, -0.05) is 31.2 Å². The molecule has 0 fully saturated rings. The fourth-order valence-corrected chi connectivity index (χ4v) is 4.31. The van der Waals surface area contributed by atoms with E-state index in [-0.39, 0.29) is 30.0 Å². The number of nitrogens with zero attached hydrogens (tertiary/aromatic N) is 2. The molecule has 0 aromatic heterocycles. The maximum atomic E-state index is 13.6. The number of ether oxygens (including phenoxy) is 1. The molecule has 0 bridgehead atoms. The highest BCUT2D eigenvalue weighted by molar-refractivity contribution is 7.92. The number of Topliss-reactive ketones (excluding diaryl/α,β-unsaturated/α-hetero) is 1. The third-order valence-electron chi connectivity index (χ3n) is 5.90. The molecule has 0 saturated carbocycles. The molecule has 0 aliphatic heterocycles. The Hall–Kier alpha value is -3.40. The van der Waals surface area contributed by atoms with Crippen molar-refractivity contribution in [2.75, 3.05) is 24.2 Å². The van der Waals surface area contributed by atoms with Gasteiger partial charge in [0.2, 0.25) is 21.8 Å². The van der Waals surface area contributed by atoms with Crippen LogP contribution in [0.2, 0.25) is 0 Å². The van der Waals surface area contributed by atoms with Crippen molar-refractivity contribution in [3.05, 3.63) is 59.7 Å². The average Bonchev–Trinajstić information content (AvgIpc) is 2.84. The molecule has 36 heavy (non-hydrogen) atoms. The summed E-state index contributed by atoms with van der Waals surface area (Å²) in [4.78, 5) is 39.7. The highest BCUT2D eigenvalue weighted by Crippen LogP contribution is 2.21. The summed E-state index contributed by atoms with van der Waals surface area (Å²) in [6, 6.07) is 12.2. The Morgan fingerprint density at radius 1 is 1.06 bits per heavy atom. The molecule has 2 rings (SSSR count). The zero-order valence-electron chi connectivity index (χ0n) is 21.6. The smallest absolute Gasteiger partial charge is 0.244 e. The summed E-state index contributed by atoms with van der Waals surface area (Å²) >= 11 is 0. The lowest BCUT2D eigenvalue weighted by Gasteiger charge is -2.32. The van der Waals surface area contributed by atoms with Crippen LogP contribution in [0.1, 0.15) is 50.0 Å². The first kappa shape index (κ1) is 28.8. The van der Waals surface area contributed by atoms with Crippen LogP contribution in [-0.2, 0) is 26.2 Å². The van der Waals surface area contributed by atoms with E-state index in [0.29, 0.717) is 11.3 Å². The van der Waals surface area contributed by atoms with Crippen molar-refractivity contribution in [2.45, 2.75) is 52.7 Å². The molecule has 9 nitrogen and oxygen atoms in total. The van der Waals surface area contributed by atoms with Crippen LogP contribution >= 0.6 is 0 Å². The quantitative estimate of drug-likeness (QED) is 0.433. The normalized spacial score (nSPS) is 12.8. The van der Waals surface area contributed by atoms with Gasteiger partial charge in [-0.25, -0.2) is 8.42 Å². The second kappa shape index (κ2) is 12.5. The van der Waals surface area contributed by atoms with Gasteiger partial charge in [-0.05, 0) is 57.0 Å². The number of nitrogens with one attached hydrogen (secondary N) is 1. The van der Waals surface area contributed by atoms with Gasteiger partial charge in [-0.3, -0.25) is 18.7 Å². The van der Waals surface area contributed by atoms with Crippen molar-refractivity contribution >= 4 is 33.3 Å². The third-order valence-corrected chi connectivity index (χ3v) is 7.04. The Kier molecular flexibility index (Phi) is 10.0. The number of carbonyl (C=O) groups excluding carboxylic acids is 3. The summed E-state index contributed by atoms with van der Waals surface area (Å²) in [7, 11) is -2.33. The summed E-state index contributed by atoms with van der Waals surface area (Å²) in [5, 5.41) is 2.88. The van der Waals surface area contributed by atoms with Crippen LogP contribution in [0.5, 0.6) is 5.75 Å². The molecule has 2 amide bonds. The minimum absolute atomic E-state index is 0.0836. The maximum Gasteiger partial charge on any atom is 0.244 e. The van der Waals surface area contributed by atoms with E-state index in [9.17, 15) is 22.8 Å². The van der Waals surface area contributed by atoms with E-state index in [1.165, 1.54) is 24.0 Å². The fourth-order valence-electron chi connectivity index (χ4n) is 3.47. The van der Waals surface area contributed by atoms with Crippen molar-refractivity contribution in [2.24, 2.45) is 0 Å². The van der Waals surface area contributed by atoms with E-state index in [1.54, 1.807) is 50.4 Å². The predicted molar refractivity (Wildman–Crippen MR) is 140 cm³/mol. The number of amides is 2. The third kappa shape index (κ3) is 7.81. The largest absolute Gasteiger partial charge is 0.497 e. The van der Waals surface area contributed by atoms with Gasteiger partial charge in [-0.15, -0.1) is 0 Å². The Bertz CT molecular complexity index is 1180. The molecule has 2 aromatic carbocycles. The Labute approximate surface area is 213 Å². The van der Waals surface area contributed by atoms with Crippen LogP contribution in [0.15, 0.2) is 48.5 Å². The number of methoxy groups -OCH3 is 1. The molecule has 196 valence electrons. The van der Waals surface area contributed by atoms with Gasteiger partial charge in [0.25, 0.3) is 0 Å². The molecule has 0 aliphatic carbocycles. The summed E-state index contributed by atoms with van der Waals surface area (Å²) in [6.45, 7) is 6.35. The van der Waals surface area contributed by atoms with Gasteiger partial charge >= 0.3 is 0 Å². The highest BCUT2D eigenvalue weighted by Gasteiger charge is 2.30. The first-order chi connectivity index (χ1) is 16.9. The van der Waals surface area contributed by atoms with E-state index < -0.39 is 28.5 Å². The number of hydrogen-bond acceptors (Lipinski definition) is 6. The predicted octanol–water partition coefficient (Wildman–Crippen LogP) is 3.00. The molecule has 1 N–H and O–H groups in total. The molecule has 0 heterocycles. The Balaban J connectivity index is 2.42. The lowest BCUT2D eigenvalue weighted by atomic mass is 10.1. The molecule has 0 aliphatic rings. The zero-order valence-corrected chi connectivity index (χ0v) is 22.5. The Morgan fingerprint density at radius 3 is 2.22 bits per heavy atom. The molecule has 0 spiro atoms. The van der Waals surface area contributed by atoms with E-state index in [2.05, 4.69) is 5.32 Å². The molecule has 2 atom stereocenters. The number of carbonyl (C=O) groups is 3. The van der Waals surface area contributed by atoms with Crippen LogP contribution in [-0.4, -0.2) is 62.9 Å². The summed E-state index contributed by atoms with van der Waals surface area (Å²) in [5.41, 5.74) is 1.27. The van der Waals surface area contributed by atoms with Gasteiger partial charge in [0, 0.05) is 18.2 Å². The second-order valence-electron chi connectivity index (χ2n) is 8.74. The van der Waals surface area contributed by atoms with Crippen molar-refractivity contribution < 1.29 is 27.5 Å². The molecule has 2 aromatic rings. The van der Waals surface area contributed by atoms with Crippen molar-refractivity contribution in [3.63, 3.8) is 0 Å². The monoisotopic (exact) mass is 517 g/mol. The Morgan fingerprint density at radius 2 is 1.69 bits per heavy atom. The molecular weight excluding hydrogens is 482 g/mol.